The Labute approximate surface area is 191 Å². The van der Waals surface area contributed by atoms with Gasteiger partial charge in [-0.15, -0.1) is 0 Å². The summed E-state index contributed by atoms with van der Waals surface area (Å²) >= 11 is 0. The van der Waals surface area contributed by atoms with Crippen molar-refractivity contribution in [2.75, 3.05) is 12.0 Å². The molecular formula is C26H23N3O4. The molecule has 0 aliphatic rings. The maximum Gasteiger partial charge on any atom is 0.335 e. The van der Waals surface area contributed by atoms with Gasteiger partial charge < -0.3 is 19.5 Å². The summed E-state index contributed by atoms with van der Waals surface area (Å²) in [5.74, 6) is 0.228. The molecule has 0 saturated heterocycles. The number of ether oxygens (including phenoxy) is 2. The zero-order chi connectivity index (χ0) is 23.0. The van der Waals surface area contributed by atoms with Crippen LogP contribution in [-0.4, -0.2) is 28.2 Å². The molecule has 2 heterocycles. The number of benzene rings is 2. The highest BCUT2D eigenvalue weighted by atomic mass is 16.5. The second-order valence-corrected chi connectivity index (χ2v) is 7.24. The highest BCUT2D eigenvalue weighted by Gasteiger charge is 2.15. The molecule has 0 unspecified atom stereocenters. The van der Waals surface area contributed by atoms with Gasteiger partial charge in [0.1, 0.15) is 6.61 Å². The molecule has 0 amide bonds. The van der Waals surface area contributed by atoms with E-state index in [4.69, 9.17) is 9.47 Å². The van der Waals surface area contributed by atoms with Gasteiger partial charge in [-0.05, 0) is 60.2 Å². The Morgan fingerprint density at radius 1 is 0.939 bits per heavy atom. The van der Waals surface area contributed by atoms with E-state index in [1.54, 1.807) is 50.0 Å². The number of aromatic nitrogens is 2. The number of anilines is 2. The fourth-order valence-electron chi connectivity index (χ4n) is 3.37. The van der Waals surface area contributed by atoms with Crippen LogP contribution < -0.4 is 14.4 Å². The summed E-state index contributed by atoms with van der Waals surface area (Å²) in [5, 5.41) is 9.26. The third-order valence-corrected chi connectivity index (χ3v) is 5.05. The molecular weight excluding hydrogens is 418 g/mol. The lowest BCUT2D eigenvalue weighted by Gasteiger charge is -2.26. The molecule has 0 radical (unpaired) electrons. The zero-order valence-electron chi connectivity index (χ0n) is 18.1. The lowest BCUT2D eigenvalue weighted by molar-refractivity contribution is 0.0697. The molecule has 33 heavy (non-hydrogen) atoms. The third-order valence-electron chi connectivity index (χ3n) is 5.05. The number of carbonyl (C=O) groups is 1. The van der Waals surface area contributed by atoms with Crippen LogP contribution >= 0.6 is 0 Å². The number of pyridine rings is 2. The van der Waals surface area contributed by atoms with Gasteiger partial charge >= 0.3 is 5.97 Å². The Kier molecular flexibility index (Phi) is 6.80. The van der Waals surface area contributed by atoms with Crippen LogP contribution in [-0.2, 0) is 13.2 Å². The molecule has 7 heteroatoms. The van der Waals surface area contributed by atoms with Crippen molar-refractivity contribution in [2.45, 2.75) is 13.2 Å². The second-order valence-electron chi connectivity index (χ2n) is 7.24. The van der Waals surface area contributed by atoms with E-state index < -0.39 is 5.97 Å². The van der Waals surface area contributed by atoms with Crippen molar-refractivity contribution in [2.24, 2.45) is 0 Å². The van der Waals surface area contributed by atoms with Crippen LogP contribution in [0.1, 0.15) is 21.6 Å². The van der Waals surface area contributed by atoms with Crippen molar-refractivity contribution in [3.05, 3.63) is 108 Å². The third kappa shape index (κ3) is 5.46. The topological polar surface area (TPSA) is 84.8 Å². The van der Waals surface area contributed by atoms with Crippen molar-refractivity contribution in [3.8, 4) is 11.5 Å². The minimum Gasteiger partial charge on any atom is -0.493 e. The Balaban J connectivity index is 1.68. The summed E-state index contributed by atoms with van der Waals surface area (Å²) < 4.78 is 11.5. The first kappa shape index (κ1) is 21.8. The highest BCUT2D eigenvalue weighted by Crippen LogP contribution is 2.36. The average Bonchev–Trinajstić information content (AvgIpc) is 2.87. The number of nitrogens with zero attached hydrogens (tertiary/aromatic N) is 3. The van der Waals surface area contributed by atoms with Crippen molar-refractivity contribution in [1.82, 2.24) is 9.97 Å². The zero-order valence-corrected chi connectivity index (χ0v) is 18.1. The van der Waals surface area contributed by atoms with Crippen LogP contribution in [0.3, 0.4) is 0 Å². The van der Waals surface area contributed by atoms with E-state index >= 15 is 0 Å². The number of aromatic carboxylic acids is 1. The maximum absolute atomic E-state index is 11.3. The van der Waals surface area contributed by atoms with Gasteiger partial charge in [-0.25, -0.2) is 4.79 Å². The van der Waals surface area contributed by atoms with Crippen molar-refractivity contribution < 1.29 is 19.4 Å². The first-order valence-electron chi connectivity index (χ1n) is 10.3. The van der Waals surface area contributed by atoms with E-state index in [2.05, 4.69) is 14.9 Å². The summed E-state index contributed by atoms with van der Waals surface area (Å²) in [6, 6.07) is 22.0. The van der Waals surface area contributed by atoms with E-state index in [0.29, 0.717) is 24.7 Å². The standard InChI is InChI=1S/C26H23N3O4/c1-32-24-12-11-23(15-25(24)33-18-21-6-2-3-14-28-21)29(17-19-5-4-13-27-16-19)22-9-7-20(8-10-22)26(30)31/h2-16H,17-18H2,1H3,(H,30,31). The van der Waals surface area contributed by atoms with Gasteiger partial charge in [0.05, 0.1) is 18.4 Å². The molecule has 0 atom stereocenters. The van der Waals surface area contributed by atoms with Crippen molar-refractivity contribution in [3.63, 3.8) is 0 Å². The van der Waals surface area contributed by atoms with Crippen LogP contribution in [0.4, 0.5) is 11.4 Å². The highest BCUT2D eigenvalue weighted by molar-refractivity contribution is 5.88. The van der Waals surface area contributed by atoms with Crippen LogP contribution in [0.2, 0.25) is 0 Å². The fraction of sp³-hybridized carbons (Fsp3) is 0.115. The normalized spacial score (nSPS) is 10.5. The molecule has 0 bridgehead atoms. The molecule has 0 spiro atoms. The molecule has 0 fully saturated rings. The first-order chi connectivity index (χ1) is 16.1. The quantitative estimate of drug-likeness (QED) is 0.387. The SMILES string of the molecule is COc1ccc(N(Cc2cccnc2)c2ccc(C(=O)O)cc2)cc1OCc1ccccn1. The maximum atomic E-state index is 11.3. The smallest absolute Gasteiger partial charge is 0.335 e. The predicted molar refractivity (Wildman–Crippen MR) is 125 cm³/mol. The van der Waals surface area contributed by atoms with Gasteiger partial charge in [0.25, 0.3) is 0 Å². The molecule has 7 nitrogen and oxygen atoms in total. The monoisotopic (exact) mass is 441 g/mol. The molecule has 2 aromatic heterocycles. The Morgan fingerprint density at radius 3 is 2.42 bits per heavy atom. The van der Waals surface area contributed by atoms with Crippen LogP contribution in [0.15, 0.2) is 91.4 Å². The molecule has 0 aliphatic heterocycles. The number of carboxylic acid groups (broad SMARTS) is 1. The lowest BCUT2D eigenvalue weighted by Crippen LogP contribution is -2.17. The van der Waals surface area contributed by atoms with Gasteiger partial charge in [-0.3, -0.25) is 9.97 Å². The second kappa shape index (κ2) is 10.3. The average molecular weight is 441 g/mol. The number of carboxylic acids is 1. The van der Waals surface area contributed by atoms with Crippen molar-refractivity contribution in [1.29, 1.82) is 0 Å². The molecule has 0 saturated carbocycles. The largest absolute Gasteiger partial charge is 0.493 e. The predicted octanol–water partition coefficient (Wildman–Crippen LogP) is 5.10. The summed E-state index contributed by atoms with van der Waals surface area (Å²) in [7, 11) is 1.60. The van der Waals surface area contributed by atoms with Crippen molar-refractivity contribution >= 4 is 17.3 Å². The van der Waals surface area contributed by atoms with Gasteiger partial charge in [0, 0.05) is 42.6 Å². The molecule has 4 aromatic rings. The minimum absolute atomic E-state index is 0.231. The Hall–Kier alpha value is -4.39. The number of rotatable bonds is 9. The van der Waals surface area contributed by atoms with Gasteiger partial charge in [-0.1, -0.05) is 12.1 Å². The van der Waals surface area contributed by atoms with E-state index in [1.807, 2.05) is 48.5 Å². The molecule has 1 N–H and O–H groups in total. The van der Waals surface area contributed by atoms with E-state index in [-0.39, 0.29) is 5.56 Å². The van der Waals surface area contributed by atoms with Crippen LogP contribution in [0, 0.1) is 0 Å². The molecule has 4 rings (SSSR count). The van der Waals surface area contributed by atoms with E-state index in [9.17, 15) is 9.90 Å². The minimum atomic E-state index is -0.963. The molecule has 2 aromatic carbocycles. The van der Waals surface area contributed by atoms with Crippen LogP contribution in [0.5, 0.6) is 11.5 Å². The van der Waals surface area contributed by atoms with Gasteiger partial charge in [-0.2, -0.15) is 0 Å². The lowest BCUT2D eigenvalue weighted by atomic mass is 10.1. The fourth-order valence-corrected chi connectivity index (χ4v) is 3.37. The Bertz CT molecular complexity index is 1200. The van der Waals surface area contributed by atoms with Gasteiger partial charge in [0.15, 0.2) is 11.5 Å². The first-order valence-corrected chi connectivity index (χ1v) is 10.3. The summed E-state index contributed by atoms with van der Waals surface area (Å²) in [6.07, 6.45) is 5.26. The summed E-state index contributed by atoms with van der Waals surface area (Å²) in [6.45, 7) is 0.836. The number of hydrogen-bond donors (Lipinski definition) is 1. The number of methoxy groups -OCH3 is 1. The molecule has 166 valence electrons. The van der Waals surface area contributed by atoms with Gasteiger partial charge in [0.2, 0.25) is 0 Å². The summed E-state index contributed by atoms with van der Waals surface area (Å²) in [4.78, 5) is 21.9. The van der Waals surface area contributed by atoms with Crippen LogP contribution in [0.25, 0.3) is 0 Å². The molecule has 0 aliphatic carbocycles. The summed E-state index contributed by atoms with van der Waals surface area (Å²) in [5.41, 5.74) is 3.74. The van der Waals surface area contributed by atoms with E-state index in [1.165, 1.54) is 0 Å². The van der Waals surface area contributed by atoms with E-state index in [0.717, 1.165) is 22.6 Å². The number of hydrogen-bond acceptors (Lipinski definition) is 6. The Morgan fingerprint density at radius 2 is 1.76 bits per heavy atom.